The van der Waals surface area contributed by atoms with Crippen molar-refractivity contribution in [2.45, 2.75) is 111 Å². The third-order valence-corrected chi connectivity index (χ3v) is 8.00. The first-order valence-electron chi connectivity index (χ1n) is 16.6. The molecule has 0 radical (unpaired) electrons. The van der Waals surface area contributed by atoms with Gasteiger partial charge in [-0.3, -0.25) is 19.2 Å². The average molecular weight is 658 g/mol. The van der Waals surface area contributed by atoms with Crippen LogP contribution in [0.3, 0.4) is 0 Å². The highest BCUT2D eigenvalue weighted by Gasteiger charge is 2.38. The topological polar surface area (TPSA) is 163 Å². The van der Waals surface area contributed by atoms with Crippen molar-refractivity contribution in [3.05, 3.63) is 35.4 Å². The SMILES string of the molecule is CCCC(NC(=O)CN(CC1CCCC1)C(=O)[C@@H](NC(=O)NC(C)(C)C)C(C)(C)C)C(=O)C(=O)NCCc1ccc(C(=O)OC)cc1. The highest BCUT2D eigenvalue weighted by atomic mass is 16.5. The highest BCUT2D eigenvalue weighted by molar-refractivity contribution is 6.38. The van der Waals surface area contributed by atoms with Crippen molar-refractivity contribution in [2.75, 3.05) is 26.7 Å². The normalized spacial score (nSPS) is 14.8. The maximum atomic E-state index is 14.0. The van der Waals surface area contributed by atoms with Crippen LogP contribution in [0.1, 0.15) is 103 Å². The standard InChI is InChI=1S/C35H55N5O7/c1-9-12-26(28(42)30(43)36-20-19-23-15-17-25(18-16-23)32(45)47-8)37-27(41)22-40(21-24-13-10-11-14-24)31(44)29(34(2,3)4)38-33(46)39-35(5,6)7/h15-18,24,26,29H,9-14,19-22H2,1-8H3,(H,36,43)(H,37,41)(H2,38,39,46)/t26?,29-/m1/s1. The number of carbonyl (C=O) groups excluding carboxylic acids is 6. The van der Waals surface area contributed by atoms with E-state index in [0.29, 0.717) is 24.9 Å². The highest BCUT2D eigenvalue weighted by Crippen LogP contribution is 2.27. The number of urea groups is 1. The smallest absolute Gasteiger partial charge is 0.337 e. The molecule has 1 unspecified atom stereocenters. The van der Waals surface area contributed by atoms with E-state index in [9.17, 15) is 28.8 Å². The molecule has 0 aliphatic heterocycles. The number of Topliss-reactive ketones (excluding diaryl/α,β-unsaturated/α-hetero) is 1. The quantitative estimate of drug-likeness (QED) is 0.166. The fraction of sp³-hybridized carbons (Fsp3) is 0.657. The van der Waals surface area contributed by atoms with Crippen LogP contribution in [-0.2, 0) is 30.3 Å². The van der Waals surface area contributed by atoms with E-state index in [2.05, 4.69) is 21.3 Å². The number of methoxy groups -OCH3 is 1. The van der Waals surface area contributed by atoms with Gasteiger partial charge in [0.05, 0.1) is 25.3 Å². The second-order valence-corrected chi connectivity index (χ2v) is 14.5. The number of nitrogens with zero attached hydrogens (tertiary/aromatic N) is 1. The van der Waals surface area contributed by atoms with E-state index in [1.165, 1.54) is 12.0 Å². The molecule has 1 saturated carbocycles. The summed E-state index contributed by atoms with van der Waals surface area (Å²) in [4.78, 5) is 79.3. The van der Waals surface area contributed by atoms with Crippen LogP contribution in [0.4, 0.5) is 4.79 Å². The van der Waals surface area contributed by atoms with Crippen LogP contribution in [0.25, 0.3) is 0 Å². The summed E-state index contributed by atoms with van der Waals surface area (Å²) in [5.41, 5.74) is 0.102. The molecule has 12 nitrogen and oxygen atoms in total. The molecule has 5 amide bonds. The molecule has 1 aromatic rings. The zero-order valence-electron chi connectivity index (χ0n) is 29.4. The summed E-state index contributed by atoms with van der Waals surface area (Å²) in [5.74, 6) is -2.71. The van der Waals surface area contributed by atoms with Crippen molar-refractivity contribution >= 4 is 35.5 Å². The van der Waals surface area contributed by atoms with Crippen molar-refractivity contribution in [2.24, 2.45) is 11.3 Å². The van der Waals surface area contributed by atoms with E-state index >= 15 is 0 Å². The summed E-state index contributed by atoms with van der Waals surface area (Å²) in [6, 6.07) is 4.31. The molecule has 0 heterocycles. The molecule has 0 aromatic heterocycles. The first-order chi connectivity index (χ1) is 21.9. The lowest BCUT2D eigenvalue weighted by molar-refractivity contribution is -0.142. The largest absolute Gasteiger partial charge is 0.465 e. The zero-order valence-corrected chi connectivity index (χ0v) is 29.4. The third-order valence-electron chi connectivity index (χ3n) is 8.00. The van der Waals surface area contributed by atoms with Gasteiger partial charge < -0.3 is 30.9 Å². The van der Waals surface area contributed by atoms with E-state index in [1.807, 2.05) is 48.5 Å². The van der Waals surface area contributed by atoms with Crippen LogP contribution in [-0.4, -0.2) is 84.8 Å². The Morgan fingerprint density at radius 3 is 2.09 bits per heavy atom. The van der Waals surface area contributed by atoms with E-state index in [0.717, 1.165) is 31.2 Å². The Kier molecular flexibility index (Phi) is 14.9. The second kappa shape index (κ2) is 17.8. The molecule has 2 rings (SSSR count). The molecule has 2 atom stereocenters. The number of hydrogen-bond acceptors (Lipinski definition) is 7. The van der Waals surface area contributed by atoms with Gasteiger partial charge in [-0.25, -0.2) is 9.59 Å². The Morgan fingerprint density at radius 2 is 1.55 bits per heavy atom. The molecule has 0 saturated heterocycles. The molecule has 12 heteroatoms. The number of ether oxygens (including phenoxy) is 1. The number of rotatable bonds is 15. The molecule has 4 N–H and O–H groups in total. The molecule has 1 aliphatic rings. The fourth-order valence-electron chi connectivity index (χ4n) is 5.54. The molecule has 1 aromatic carbocycles. The van der Waals surface area contributed by atoms with Gasteiger partial charge in [-0.15, -0.1) is 0 Å². The zero-order chi connectivity index (χ0) is 35.4. The van der Waals surface area contributed by atoms with E-state index in [-0.39, 0.29) is 31.3 Å². The molecule has 0 bridgehead atoms. The number of carbonyl (C=O) groups is 6. The summed E-state index contributed by atoms with van der Waals surface area (Å²) in [6.45, 7) is 13.2. The number of esters is 1. The van der Waals surface area contributed by atoms with Gasteiger partial charge >= 0.3 is 12.0 Å². The first-order valence-corrected chi connectivity index (χ1v) is 16.6. The molecule has 0 spiro atoms. The van der Waals surface area contributed by atoms with Crippen LogP contribution in [0.15, 0.2) is 24.3 Å². The summed E-state index contributed by atoms with van der Waals surface area (Å²) in [5, 5.41) is 11.0. The lowest BCUT2D eigenvalue weighted by atomic mass is 9.85. The van der Waals surface area contributed by atoms with Crippen LogP contribution >= 0.6 is 0 Å². The van der Waals surface area contributed by atoms with Crippen LogP contribution in [0, 0.1) is 11.3 Å². The molecule has 47 heavy (non-hydrogen) atoms. The number of ketones is 1. The van der Waals surface area contributed by atoms with Gasteiger partial charge in [-0.05, 0) is 75.5 Å². The number of amides is 5. The van der Waals surface area contributed by atoms with Crippen LogP contribution in [0.2, 0.25) is 0 Å². The van der Waals surface area contributed by atoms with Gasteiger partial charge in [0, 0.05) is 18.6 Å². The molecule has 1 fully saturated rings. The van der Waals surface area contributed by atoms with E-state index < -0.39 is 52.6 Å². The van der Waals surface area contributed by atoms with Gasteiger partial charge in [0.25, 0.3) is 5.91 Å². The predicted octanol–water partition coefficient (Wildman–Crippen LogP) is 3.52. The van der Waals surface area contributed by atoms with Crippen molar-refractivity contribution < 1.29 is 33.5 Å². The van der Waals surface area contributed by atoms with Gasteiger partial charge in [0.1, 0.15) is 6.04 Å². The van der Waals surface area contributed by atoms with Gasteiger partial charge in [-0.2, -0.15) is 0 Å². The maximum absolute atomic E-state index is 14.0. The van der Waals surface area contributed by atoms with Crippen molar-refractivity contribution in [3.8, 4) is 0 Å². The Bertz CT molecular complexity index is 1240. The minimum absolute atomic E-state index is 0.183. The van der Waals surface area contributed by atoms with Crippen molar-refractivity contribution in [1.29, 1.82) is 0 Å². The first kappa shape index (κ1) is 39.2. The number of nitrogens with one attached hydrogen (secondary N) is 4. The second-order valence-electron chi connectivity index (χ2n) is 14.5. The molecular weight excluding hydrogens is 602 g/mol. The Labute approximate surface area is 279 Å². The summed E-state index contributed by atoms with van der Waals surface area (Å²) >= 11 is 0. The van der Waals surface area contributed by atoms with E-state index in [1.54, 1.807) is 24.3 Å². The Hall–Kier alpha value is -3.96. The monoisotopic (exact) mass is 657 g/mol. The molecule has 1 aliphatic carbocycles. The van der Waals surface area contributed by atoms with Crippen LogP contribution < -0.4 is 21.3 Å². The molecular formula is C35H55N5O7. The molecule has 262 valence electrons. The lowest BCUT2D eigenvalue weighted by Crippen LogP contribution is -2.60. The Morgan fingerprint density at radius 1 is 0.936 bits per heavy atom. The number of benzene rings is 1. The summed E-state index contributed by atoms with van der Waals surface area (Å²) in [6.07, 6.45) is 5.21. The number of hydrogen-bond donors (Lipinski definition) is 4. The maximum Gasteiger partial charge on any atom is 0.337 e. The van der Waals surface area contributed by atoms with Gasteiger partial charge in [0.15, 0.2) is 0 Å². The van der Waals surface area contributed by atoms with Crippen molar-refractivity contribution in [3.63, 3.8) is 0 Å². The predicted molar refractivity (Wildman–Crippen MR) is 180 cm³/mol. The van der Waals surface area contributed by atoms with Crippen LogP contribution in [0.5, 0.6) is 0 Å². The van der Waals surface area contributed by atoms with Gasteiger partial charge in [-0.1, -0.05) is 59.1 Å². The minimum atomic E-state index is -1.05. The fourth-order valence-corrected chi connectivity index (χ4v) is 5.54. The average Bonchev–Trinajstić information content (AvgIpc) is 3.50. The lowest BCUT2D eigenvalue weighted by Gasteiger charge is -2.36. The minimum Gasteiger partial charge on any atom is -0.465 e. The third kappa shape index (κ3) is 13.4. The van der Waals surface area contributed by atoms with E-state index in [4.69, 9.17) is 4.74 Å². The summed E-state index contributed by atoms with van der Waals surface area (Å²) in [7, 11) is 1.31. The van der Waals surface area contributed by atoms with Crippen molar-refractivity contribution in [1.82, 2.24) is 26.2 Å². The Balaban J connectivity index is 2.10. The summed E-state index contributed by atoms with van der Waals surface area (Å²) < 4.78 is 4.70. The van der Waals surface area contributed by atoms with Gasteiger partial charge in [0.2, 0.25) is 17.6 Å².